The van der Waals surface area contributed by atoms with Crippen LogP contribution in [-0.2, 0) is 15.5 Å². The average Bonchev–Trinajstić information content (AvgIpc) is 3.23. The summed E-state index contributed by atoms with van der Waals surface area (Å²) in [5.41, 5.74) is 8.44. The summed E-state index contributed by atoms with van der Waals surface area (Å²) in [5, 5.41) is 3.23. The van der Waals surface area contributed by atoms with Gasteiger partial charge in [0.15, 0.2) is 0 Å². The number of piperidine rings is 1. The van der Waals surface area contributed by atoms with Gasteiger partial charge >= 0.3 is 0 Å². The van der Waals surface area contributed by atoms with Gasteiger partial charge in [0.05, 0.1) is 18.8 Å². The maximum absolute atomic E-state index is 9.56. The predicted molar refractivity (Wildman–Crippen MR) is 187 cm³/mol. The Hall–Kier alpha value is -2.85. The molecule has 42 heavy (non-hydrogen) atoms. The van der Waals surface area contributed by atoms with Crippen LogP contribution in [0.5, 0.6) is 0 Å². The highest BCUT2D eigenvalue weighted by molar-refractivity contribution is 7.83. The van der Waals surface area contributed by atoms with Crippen molar-refractivity contribution in [3.8, 4) is 0 Å². The van der Waals surface area contributed by atoms with Crippen molar-refractivity contribution in [2.75, 3.05) is 43.3 Å². The average molecular weight is 606 g/mol. The molecule has 0 spiro atoms. The molecule has 9 nitrogen and oxygen atoms in total. The van der Waals surface area contributed by atoms with Crippen molar-refractivity contribution in [1.29, 1.82) is 0 Å². The number of pyridine rings is 1. The van der Waals surface area contributed by atoms with Crippen molar-refractivity contribution in [3.05, 3.63) is 41.6 Å². The highest BCUT2D eigenvalue weighted by Crippen LogP contribution is 2.47. The lowest BCUT2D eigenvalue weighted by Crippen LogP contribution is -2.60. The molecule has 0 aromatic carbocycles. The van der Waals surface area contributed by atoms with Crippen molar-refractivity contribution >= 4 is 40.4 Å². The van der Waals surface area contributed by atoms with Crippen molar-refractivity contribution in [2.24, 2.45) is 26.3 Å². The summed E-state index contributed by atoms with van der Waals surface area (Å²) in [6.07, 6.45) is 12.6. The number of ether oxygens (including phenoxy) is 1. The van der Waals surface area contributed by atoms with Crippen LogP contribution in [0.25, 0.3) is 0 Å². The van der Waals surface area contributed by atoms with Crippen LogP contribution in [0.2, 0.25) is 0 Å². The third-order valence-corrected chi connectivity index (χ3v) is 7.01. The van der Waals surface area contributed by atoms with E-state index >= 15 is 0 Å². The predicted octanol–water partition coefficient (Wildman–Crippen LogP) is 6.51. The molecule has 0 saturated carbocycles. The number of amidine groups is 1. The van der Waals surface area contributed by atoms with E-state index in [1.165, 1.54) is 17.6 Å². The number of hydrogen-bond acceptors (Lipinski definition) is 7. The zero-order valence-corrected chi connectivity index (χ0v) is 26.6. The number of rotatable bonds is 1. The molecule has 0 aliphatic carbocycles. The van der Waals surface area contributed by atoms with Gasteiger partial charge in [-0.05, 0) is 55.9 Å². The summed E-state index contributed by atoms with van der Waals surface area (Å²) in [6, 6.07) is 5.95. The molecule has 5 heterocycles. The molecule has 2 fully saturated rings. The molecule has 4 atom stereocenters. The third-order valence-electron chi connectivity index (χ3n) is 7.01. The zero-order valence-electron chi connectivity index (χ0n) is 25.8. The zero-order chi connectivity index (χ0) is 29.9. The summed E-state index contributed by atoms with van der Waals surface area (Å²) >= 11 is 0. The fourth-order valence-electron chi connectivity index (χ4n) is 4.88. The van der Waals surface area contributed by atoms with Gasteiger partial charge in [-0.25, -0.2) is 4.98 Å². The molecule has 5 rings (SSSR count). The largest absolute Gasteiger partial charge is 0.384 e. The molecule has 1 aromatic rings. The SMILES string of the molecule is C.C.CC.CC1=CCC(C)CN=C1.CN=C1N=C2CC(=CN1)[C@@]1(C)COC(C)C[C@H]1N2c1cccc(N)n1.CS(C)=O.[HH]. The standard InChI is InChI=1S/C18H24N6O.C8H13N.C2H6OS.C2H6.2CH4.H2/c1-11-7-13-18(2,10-25-11)12-8-16(23-17(20-3)21-9-12)24(13)15-6-4-5-14(19)22-15;1-7-3-4-8(2)6-9-5-7;1-4(2)3;1-2;;;/h4-6,9,11,13H,7-8,10H2,1-3H3,(H2,19,22)(H,20,21);3,5,8H,4,6H2,1-2H3;1-2H3;1-2H3;2*1H4;1H/t11?,13-,18-;;;;;;/m1....../s1. The minimum absolute atomic E-state index is 0. The lowest BCUT2D eigenvalue weighted by molar-refractivity contribution is -0.0455. The summed E-state index contributed by atoms with van der Waals surface area (Å²) in [4.78, 5) is 20.1. The van der Waals surface area contributed by atoms with Gasteiger partial charge in [0.2, 0.25) is 5.96 Å². The van der Waals surface area contributed by atoms with Crippen LogP contribution >= 0.6 is 0 Å². The van der Waals surface area contributed by atoms with Crippen molar-refractivity contribution in [3.63, 3.8) is 0 Å². The van der Waals surface area contributed by atoms with Crippen LogP contribution in [0.15, 0.2) is 56.6 Å². The second kappa shape index (κ2) is 18.6. The molecule has 10 heteroatoms. The Kier molecular flexibility index (Phi) is 17.4. The Morgan fingerprint density at radius 3 is 2.52 bits per heavy atom. The normalized spacial score (nSPS) is 26.5. The van der Waals surface area contributed by atoms with Gasteiger partial charge < -0.3 is 20.7 Å². The van der Waals surface area contributed by atoms with Crippen LogP contribution < -0.4 is 16.0 Å². The van der Waals surface area contributed by atoms with Gasteiger partial charge in [0.1, 0.15) is 17.5 Å². The maximum atomic E-state index is 9.56. The van der Waals surface area contributed by atoms with E-state index in [2.05, 4.69) is 65.2 Å². The Bertz CT molecular complexity index is 1160. The van der Waals surface area contributed by atoms with E-state index < -0.39 is 10.8 Å². The van der Waals surface area contributed by atoms with Gasteiger partial charge in [-0.15, -0.1) is 0 Å². The van der Waals surface area contributed by atoms with E-state index in [-0.39, 0.29) is 33.8 Å². The molecule has 4 aliphatic heterocycles. The quantitative estimate of drug-likeness (QED) is 0.377. The van der Waals surface area contributed by atoms with Gasteiger partial charge in [-0.3, -0.25) is 14.2 Å². The third kappa shape index (κ3) is 10.8. The van der Waals surface area contributed by atoms with Crippen molar-refractivity contribution in [2.45, 2.75) is 87.8 Å². The fourth-order valence-corrected chi connectivity index (χ4v) is 4.88. The molecule has 0 radical (unpaired) electrons. The van der Waals surface area contributed by atoms with Gasteiger partial charge in [0, 0.05) is 62.6 Å². The molecular formula is C32H59N7O2S. The highest BCUT2D eigenvalue weighted by atomic mass is 32.2. The van der Waals surface area contributed by atoms with E-state index in [1.807, 2.05) is 32.2 Å². The number of aliphatic imine (C=N–C) groups is 3. The number of aromatic nitrogens is 1. The second-order valence-electron chi connectivity index (χ2n) is 10.7. The minimum Gasteiger partial charge on any atom is -0.384 e. The number of fused-ring (bicyclic) bond motifs is 4. The lowest BCUT2D eigenvalue weighted by Gasteiger charge is -2.53. The number of nitrogens with two attached hydrogens (primary N) is 1. The first-order chi connectivity index (χ1) is 19.0. The number of allylic oxidation sites excluding steroid dienone is 2. The fraction of sp³-hybridized carbons (Fsp3) is 0.625. The van der Waals surface area contributed by atoms with Crippen molar-refractivity contribution in [1.82, 2.24) is 10.3 Å². The summed E-state index contributed by atoms with van der Waals surface area (Å²) < 4.78 is 15.6. The summed E-state index contributed by atoms with van der Waals surface area (Å²) in [7, 11) is 1.13. The number of guanidine groups is 1. The number of nitrogens with zero attached hydrogens (tertiary/aromatic N) is 5. The Labute approximate surface area is 259 Å². The Balaban J connectivity index is 0. The summed E-state index contributed by atoms with van der Waals surface area (Å²) in [6.45, 7) is 14.4. The lowest BCUT2D eigenvalue weighted by atomic mass is 9.68. The van der Waals surface area contributed by atoms with E-state index in [0.717, 1.165) is 37.0 Å². The van der Waals surface area contributed by atoms with E-state index in [4.69, 9.17) is 15.5 Å². The molecule has 3 N–H and O–H groups in total. The number of hydrogen-bond donors (Lipinski definition) is 2. The highest BCUT2D eigenvalue weighted by Gasteiger charge is 2.51. The van der Waals surface area contributed by atoms with Gasteiger partial charge in [-0.2, -0.15) is 4.99 Å². The second-order valence-corrected chi connectivity index (χ2v) is 12.2. The number of nitrogens with one attached hydrogen (secondary N) is 1. The van der Waals surface area contributed by atoms with Crippen molar-refractivity contribution < 1.29 is 10.4 Å². The molecule has 2 saturated heterocycles. The van der Waals surface area contributed by atoms with E-state index in [9.17, 15) is 4.21 Å². The van der Waals surface area contributed by atoms with Crippen LogP contribution in [0.4, 0.5) is 11.6 Å². The summed E-state index contributed by atoms with van der Waals surface area (Å²) in [5.74, 6) is 3.64. The first-order valence-corrected chi connectivity index (χ1v) is 16.1. The molecular weight excluding hydrogens is 546 g/mol. The first-order valence-electron chi connectivity index (χ1n) is 14.1. The number of nitrogen functional groups attached to an aromatic ring is 1. The van der Waals surface area contributed by atoms with Crippen LogP contribution in [0, 0.1) is 11.3 Å². The van der Waals surface area contributed by atoms with Gasteiger partial charge in [-0.1, -0.05) is 54.7 Å². The maximum Gasteiger partial charge on any atom is 0.223 e. The molecule has 2 bridgehead atoms. The molecule has 0 amide bonds. The molecule has 1 aromatic heterocycles. The smallest absolute Gasteiger partial charge is 0.223 e. The Morgan fingerprint density at radius 2 is 1.90 bits per heavy atom. The monoisotopic (exact) mass is 605 g/mol. The minimum atomic E-state index is -0.611. The van der Waals surface area contributed by atoms with Crippen LogP contribution in [0.3, 0.4) is 0 Å². The topological polar surface area (TPSA) is 118 Å². The molecule has 4 aliphatic rings. The molecule has 2 unspecified atom stereocenters. The molecule has 240 valence electrons. The van der Waals surface area contributed by atoms with Crippen LogP contribution in [-0.4, -0.2) is 72.1 Å². The number of anilines is 2. The van der Waals surface area contributed by atoms with E-state index in [0.29, 0.717) is 18.4 Å². The van der Waals surface area contributed by atoms with E-state index in [1.54, 1.807) is 25.6 Å². The van der Waals surface area contributed by atoms with Crippen LogP contribution in [0.1, 0.15) is 77.1 Å². The first kappa shape index (κ1) is 39.1. The Morgan fingerprint density at radius 1 is 1.24 bits per heavy atom. The van der Waals surface area contributed by atoms with Gasteiger partial charge in [0.25, 0.3) is 0 Å².